The summed E-state index contributed by atoms with van der Waals surface area (Å²) in [4.78, 5) is 25.2. The van der Waals surface area contributed by atoms with Crippen LogP contribution in [-0.2, 0) is 17.6 Å². The highest BCUT2D eigenvalue weighted by Gasteiger charge is 2.52. The van der Waals surface area contributed by atoms with Crippen molar-refractivity contribution in [2.45, 2.75) is 24.8 Å². The van der Waals surface area contributed by atoms with Crippen molar-refractivity contribution in [2.75, 3.05) is 12.8 Å². The highest BCUT2D eigenvalue weighted by Crippen LogP contribution is 2.36. The molecule has 1 aliphatic heterocycles. The number of amides is 3. The predicted octanol–water partition coefficient (Wildman–Crippen LogP) is 0.678. The molecule has 94 valence electrons. The van der Waals surface area contributed by atoms with Gasteiger partial charge in [-0.25, -0.2) is 4.79 Å². The SMILES string of the molecule is CN1C(=O)NC(=O)C12CCc1cc(N)ccc1C2. The van der Waals surface area contributed by atoms with E-state index in [4.69, 9.17) is 5.73 Å². The molecule has 1 unspecified atom stereocenters. The summed E-state index contributed by atoms with van der Waals surface area (Å²) in [5.74, 6) is -0.183. The molecule has 0 bridgehead atoms. The first-order valence-corrected chi connectivity index (χ1v) is 5.99. The third-order valence-electron chi connectivity index (χ3n) is 4.11. The van der Waals surface area contributed by atoms with Crippen LogP contribution in [0.4, 0.5) is 10.5 Å². The van der Waals surface area contributed by atoms with Crippen LogP contribution in [-0.4, -0.2) is 29.4 Å². The Bertz CT molecular complexity index is 555. The van der Waals surface area contributed by atoms with Gasteiger partial charge < -0.3 is 10.6 Å². The van der Waals surface area contributed by atoms with Crippen molar-refractivity contribution in [3.8, 4) is 0 Å². The minimum absolute atomic E-state index is 0.183. The van der Waals surface area contributed by atoms with Gasteiger partial charge in [-0.2, -0.15) is 0 Å². The average Bonchev–Trinajstić information content (AvgIpc) is 2.55. The van der Waals surface area contributed by atoms with Crippen LogP contribution in [0.2, 0.25) is 0 Å². The molecule has 0 saturated carbocycles. The Morgan fingerprint density at radius 3 is 2.78 bits per heavy atom. The van der Waals surface area contributed by atoms with Crippen LogP contribution in [0.15, 0.2) is 18.2 Å². The Balaban J connectivity index is 2.02. The molecule has 1 spiro atoms. The third kappa shape index (κ3) is 1.33. The van der Waals surface area contributed by atoms with E-state index in [1.54, 1.807) is 7.05 Å². The lowest BCUT2D eigenvalue weighted by molar-refractivity contribution is -0.126. The number of benzene rings is 1. The van der Waals surface area contributed by atoms with Gasteiger partial charge in [0.1, 0.15) is 5.54 Å². The number of hydrogen-bond acceptors (Lipinski definition) is 3. The molecule has 1 fully saturated rings. The lowest BCUT2D eigenvalue weighted by atomic mass is 9.77. The van der Waals surface area contributed by atoms with Gasteiger partial charge in [0.25, 0.3) is 5.91 Å². The Labute approximate surface area is 105 Å². The summed E-state index contributed by atoms with van der Waals surface area (Å²) in [5.41, 5.74) is 8.08. The first-order chi connectivity index (χ1) is 8.53. The van der Waals surface area contributed by atoms with Crippen LogP contribution in [0.1, 0.15) is 17.5 Å². The number of nitrogens with zero attached hydrogens (tertiary/aromatic N) is 1. The molecule has 1 heterocycles. The second kappa shape index (κ2) is 3.48. The zero-order chi connectivity index (χ0) is 12.9. The minimum atomic E-state index is -0.708. The number of urea groups is 1. The molecule has 1 saturated heterocycles. The Kier molecular flexibility index (Phi) is 2.14. The number of aryl methyl sites for hydroxylation is 1. The van der Waals surface area contributed by atoms with Gasteiger partial charge in [0, 0.05) is 19.2 Å². The molecule has 2 aliphatic rings. The quantitative estimate of drug-likeness (QED) is 0.521. The number of hydrogen-bond donors (Lipinski definition) is 2. The van der Waals surface area contributed by atoms with Gasteiger partial charge >= 0.3 is 6.03 Å². The van der Waals surface area contributed by atoms with Gasteiger partial charge in [0.15, 0.2) is 0 Å². The molecule has 5 nitrogen and oxygen atoms in total. The highest BCUT2D eigenvalue weighted by atomic mass is 16.2. The zero-order valence-electron chi connectivity index (χ0n) is 10.2. The summed E-state index contributed by atoms with van der Waals surface area (Å²) in [6.07, 6.45) is 1.99. The lowest BCUT2D eigenvalue weighted by Crippen LogP contribution is -2.51. The lowest BCUT2D eigenvalue weighted by Gasteiger charge is -2.37. The van der Waals surface area contributed by atoms with Gasteiger partial charge in [-0.15, -0.1) is 0 Å². The summed E-state index contributed by atoms with van der Waals surface area (Å²) in [6.45, 7) is 0. The van der Waals surface area contributed by atoms with Crippen LogP contribution < -0.4 is 11.1 Å². The van der Waals surface area contributed by atoms with Crippen molar-refractivity contribution in [2.24, 2.45) is 0 Å². The molecule has 3 N–H and O–H groups in total. The van der Waals surface area contributed by atoms with Crippen LogP contribution in [0, 0.1) is 0 Å². The van der Waals surface area contributed by atoms with E-state index in [9.17, 15) is 9.59 Å². The van der Waals surface area contributed by atoms with Crippen molar-refractivity contribution in [1.82, 2.24) is 10.2 Å². The third-order valence-corrected chi connectivity index (χ3v) is 4.11. The van der Waals surface area contributed by atoms with Gasteiger partial charge in [-0.1, -0.05) is 6.07 Å². The molecule has 3 rings (SSSR count). The highest BCUT2D eigenvalue weighted by molar-refractivity contribution is 6.07. The van der Waals surface area contributed by atoms with Crippen molar-refractivity contribution in [1.29, 1.82) is 0 Å². The molecular formula is C13H15N3O2. The van der Waals surface area contributed by atoms with Crippen molar-refractivity contribution >= 4 is 17.6 Å². The van der Waals surface area contributed by atoms with E-state index in [0.29, 0.717) is 12.8 Å². The summed E-state index contributed by atoms with van der Waals surface area (Å²) < 4.78 is 0. The standard InChI is InChI=1S/C13H15N3O2/c1-16-12(18)15-11(17)13(16)5-4-8-6-10(14)3-2-9(8)7-13/h2-3,6H,4-5,7,14H2,1H3,(H,15,17,18). The van der Waals surface area contributed by atoms with E-state index in [0.717, 1.165) is 17.7 Å². The van der Waals surface area contributed by atoms with Crippen LogP contribution in [0.5, 0.6) is 0 Å². The van der Waals surface area contributed by atoms with E-state index in [2.05, 4.69) is 5.32 Å². The number of nitrogens with one attached hydrogen (secondary N) is 1. The van der Waals surface area contributed by atoms with Gasteiger partial charge in [-0.3, -0.25) is 10.1 Å². The van der Waals surface area contributed by atoms with Gasteiger partial charge in [-0.05, 0) is 36.1 Å². The maximum Gasteiger partial charge on any atom is 0.324 e. The fourth-order valence-corrected chi connectivity index (χ4v) is 2.92. The smallest absolute Gasteiger partial charge is 0.324 e. The van der Waals surface area contributed by atoms with Crippen molar-refractivity contribution < 1.29 is 9.59 Å². The van der Waals surface area contributed by atoms with Crippen LogP contribution in [0.25, 0.3) is 0 Å². The molecular weight excluding hydrogens is 230 g/mol. The first kappa shape index (κ1) is 11.1. The second-order valence-electron chi connectivity index (χ2n) is 5.05. The molecule has 1 aromatic carbocycles. The Hall–Kier alpha value is -2.04. The van der Waals surface area contributed by atoms with Gasteiger partial charge in [0.05, 0.1) is 0 Å². The topological polar surface area (TPSA) is 75.4 Å². The molecule has 3 amide bonds. The van der Waals surface area contributed by atoms with E-state index in [1.807, 2.05) is 18.2 Å². The molecule has 0 radical (unpaired) electrons. The van der Waals surface area contributed by atoms with Crippen LogP contribution in [0.3, 0.4) is 0 Å². The van der Waals surface area contributed by atoms with Crippen molar-refractivity contribution in [3.05, 3.63) is 29.3 Å². The number of nitrogen functional groups attached to an aromatic ring is 1. The second-order valence-corrected chi connectivity index (χ2v) is 5.05. The maximum absolute atomic E-state index is 12.1. The number of fused-ring (bicyclic) bond motifs is 1. The Morgan fingerprint density at radius 2 is 2.11 bits per heavy atom. The number of anilines is 1. The van der Waals surface area contributed by atoms with E-state index in [1.165, 1.54) is 10.5 Å². The van der Waals surface area contributed by atoms with E-state index in [-0.39, 0.29) is 11.9 Å². The molecule has 5 heteroatoms. The number of carbonyl (C=O) groups is 2. The summed E-state index contributed by atoms with van der Waals surface area (Å²) in [7, 11) is 1.68. The normalized spacial score (nSPS) is 26.4. The molecule has 1 aliphatic carbocycles. The predicted molar refractivity (Wildman–Crippen MR) is 66.9 cm³/mol. The average molecular weight is 245 g/mol. The minimum Gasteiger partial charge on any atom is -0.399 e. The fourth-order valence-electron chi connectivity index (χ4n) is 2.92. The van der Waals surface area contributed by atoms with Gasteiger partial charge in [0.2, 0.25) is 0 Å². The number of carbonyl (C=O) groups excluding carboxylic acids is 2. The Morgan fingerprint density at radius 1 is 1.33 bits per heavy atom. The number of nitrogens with two attached hydrogens (primary N) is 1. The number of likely N-dealkylation sites (N-methyl/N-ethyl adjacent to an activating group) is 1. The van der Waals surface area contributed by atoms with E-state index < -0.39 is 5.54 Å². The maximum atomic E-state index is 12.1. The number of imide groups is 1. The summed E-state index contributed by atoms with van der Waals surface area (Å²) >= 11 is 0. The van der Waals surface area contributed by atoms with E-state index >= 15 is 0 Å². The molecule has 18 heavy (non-hydrogen) atoms. The van der Waals surface area contributed by atoms with Crippen LogP contribution >= 0.6 is 0 Å². The molecule has 1 aromatic rings. The fraction of sp³-hybridized carbons (Fsp3) is 0.385. The number of rotatable bonds is 0. The van der Waals surface area contributed by atoms with Crippen molar-refractivity contribution in [3.63, 3.8) is 0 Å². The monoisotopic (exact) mass is 245 g/mol. The largest absolute Gasteiger partial charge is 0.399 e. The molecule has 0 aromatic heterocycles. The summed E-state index contributed by atoms with van der Waals surface area (Å²) in [6, 6.07) is 5.44. The summed E-state index contributed by atoms with van der Waals surface area (Å²) in [5, 5.41) is 2.39. The first-order valence-electron chi connectivity index (χ1n) is 5.99. The zero-order valence-corrected chi connectivity index (χ0v) is 10.2. The molecule has 1 atom stereocenters.